The van der Waals surface area contributed by atoms with Gasteiger partial charge >= 0.3 is 11.9 Å². The molecule has 5 atom stereocenters. The van der Waals surface area contributed by atoms with Gasteiger partial charge in [-0.1, -0.05) is 26.0 Å². The van der Waals surface area contributed by atoms with Crippen LogP contribution >= 0.6 is 0 Å². The lowest BCUT2D eigenvalue weighted by Crippen LogP contribution is -2.41. The Kier molecular flexibility index (Phi) is 3.77. The highest BCUT2D eigenvalue weighted by Gasteiger charge is 2.66. The van der Waals surface area contributed by atoms with Gasteiger partial charge in [-0.2, -0.15) is 0 Å². The number of methoxy groups -OCH3 is 1. The Hall–Kier alpha value is -1.78. The van der Waals surface area contributed by atoms with Crippen LogP contribution in [-0.2, 0) is 23.8 Å². The van der Waals surface area contributed by atoms with Crippen molar-refractivity contribution in [3.8, 4) is 0 Å². The van der Waals surface area contributed by atoms with Crippen LogP contribution in [0.4, 0.5) is 0 Å². The summed E-state index contributed by atoms with van der Waals surface area (Å²) in [5.74, 6) is -0.160. The van der Waals surface area contributed by atoms with Crippen LogP contribution in [-0.4, -0.2) is 25.3 Å². The van der Waals surface area contributed by atoms with Crippen molar-refractivity contribution >= 4 is 11.9 Å². The van der Waals surface area contributed by atoms with E-state index in [1.54, 1.807) is 0 Å². The molecule has 0 aromatic carbocycles. The van der Waals surface area contributed by atoms with E-state index in [9.17, 15) is 9.59 Å². The second kappa shape index (κ2) is 5.39. The fourth-order valence-electron chi connectivity index (χ4n) is 4.65. The summed E-state index contributed by atoms with van der Waals surface area (Å²) in [6.07, 6.45) is 2.62. The second-order valence-electron chi connectivity index (χ2n) is 7.38. The molecular weight excluding hydrogens is 296 g/mol. The van der Waals surface area contributed by atoms with Crippen LogP contribution in [0.5, 0.6) is 0 Å². The van der Waals surface area contributed by atoms with Gasteiger partial charge in [0.05, 0.1) is 24.9 Å². The van der Waals surface area contributed by atoms with Gasteiger partial charge in [0.15, 0.2) is 0 Å². The number of esters is 2. The smallest absolute Gasteiger partial charge is 0.337 e. The van der Waals surface area contributed by atoms with Gasteiger partial charge in [0.2, 0.25) is 6.29 Å². The largest absolute Gasteiger partial charge is 0.466 e. The highest BCUT2D eigenvalue weighted by Crippen LogP contribution is 2.69. The maximum absolute atomic E-state index is 12.2. The van der Waals surface area contributed by atoms with E-state index in [0.717, 1.165) is 18.4 Å². The van der Waals surface area contributed by atoms with Crippen LogP contribution in [0.1, 0.15) is 33.6 Å². The summed E-state index contributed by atoms with van der Waals surface area (Å²) in [5, 5.41) is 0. The minimum atomic E-state index is -0.714. The number of hydrogen-bond donors (Lipinski definition) is 0. The average molecular weight is 320 g/mol. The number of fused-ring (bicyclic) bond motifs is 3. The van der Waals surface area contributed by atoms with Crippen molar-refractivity contribution < 1.29 is 23.8 Å². The Balaban J connectivity index is 2.03. The molecule has 0 bridgehead atoms. The Morgan fingerprint density at radius 3 is 2.65 bits per heavy atom. The number of ether oxygens (including phenoxy) is 3. The average Bonchev–Trinajstić information content (AvgIpc) is 3.08. The van der Waals surface area contributed by atoms with E-state index < -0.39 is 12.3 Å². The summed E-state index contributed by atoms with van der Waals surface area (Å²) >= 11 is 0. The predicted molar refractivity (Wildman–Crippen MR) is 82.9 cm³/mol. The van der Waals surface area contributed by atoms with Gasteiger partial charge in [0.25, 0.3) is 0 Å². The van der Waals surface area contributed by atoms with Gasteiger partial charge in [-0.05, 0) is 30.1 Å². The van der Waals surface area contributed by atoms with Crippen LogP contribution in [0.2, 0.25) is 0 Å². The molecular formula is C18H24O5. The highest BCUT2D eigenvalue weighted by atomic mass is 16.7. The Labute approximate surface area is 136 Å². The van der Waals surface area contributed by atoms with Crippen molar-refractivity contribution in [3.05, 3.63) is 24.0 Å². The maximum Gasteiger partial charge on any atom is 0.337 e. The van der Waals surface area contributed by atoms with Crippen molar-refractivity contribution in [3.63, 3.8) is 0 Å². The first-order valence-corrected chi connectivity index (χ1v) is 8.07. The van der Waals surface area contributed by atoms with E-state index in [1.165, 1.54) is 20.3 Å². The zero-order valence-electron chi connectivity index (χ0n) is 14.1. The van der Waals surface area contributed by atoms with E-state index in [0.29, 0.717) is 17.4 Å². The van der Waals surface area contributed by atoms with Crippen molar-refractivity contribution in [2.24, 2.45) is 29.1 Å². The first kappa shape index (κ1) is 16.1. The molecule has 5 nitrogen and oxygen atoms in total. The third kappa shape index (κ3) is 2.46. The zero-order valence-corrected chi connectivity index (χ0v) is 14.1. The fraction of sp³-hybridized carbons (Fsp3) is 0.667. The Morgan fingerprint density at radius 2 is 2.04 bits per heavy atom. The molecule has 3 rings (SSSR count). The minimum Gasteiger partial charge on any atom is -0.466 e. The molecule has 0 aromatic heterocycles. The second-order valence-corrected chi connectivity index (χ2v) is 7.38. The third-order valence-electron chi connectivity index (χ3n) is 5.85. The molecule has 2 aliphatic carbocycles. The van der Waals surface area contributed by atoms with Crippen molar-refractivity contribution in [2.45, 2.75) is 39.9 Å². The molecule has 5 unspecified atom stereocenters. The van der Waals surface area contributed by atoms with Gasteiger partial charge in [-0.3, -0.25) is 4.79 Å². The summed E-state index contributed by atoms with van der Waals surface area (Å²) in [6.45, 7) is 10.0. The number of carbonyl (C=O) groups is 2. The SMILES string of the molecule is C=C1CCC2C(C3C(C(=O)OC)=COC(OC(C)=O)C13)C2(C)C. The standard InChI is InChI=1S/C18H24O5/c1-9-6-7-12-15(18(12,3)4)14-11(16(20)21-5)8-22-17(13(9)14)23-10(2)19/h8,12-15,17H,1,6-7H2,2-5H3. The number of rotatable bonds is 2. The van der Waals surface area contributed by atoms with Crippen LogP contribution in [0, 0.1) is 29.1 Å². The van der Waals surface area contributed by atoms with Gasteiger partial charge in [0, 0.05) is 12.8 Å². The number of hydrogen-bond acceptors (Lipinski definition) is 5. The van der Waals surface area contributed by atoms with Crippen molar-refractivity contribution in [1.29, 1.82) is 0 Å². The van der Waals surface area contributed by atoms with Crippen molar-refractivity contribution in [1.82, 2.24) is 0 Å². The molecule has 1 heterocycles. The van der Waals surface area contributed by atoms with Gasteiger partial charge in [0.1, 0.15) is 0 Å². The summed E-state index contributed by atoms with van der Waals surface area (Å²) < 4.78 is 15.9. The molecule has 126 valence electrons. The summed E-state index contributed by atoms with van der Waals surface area (Å²) in [7, 11) is 1.37. The van der Waals surface area contributed by atoms with Crippen LogP contribution < -0.4 is 0 Å². The van der Waals surface area contributed by atoms with Gasteiger partial charge in [-0.15, -0.1) is 0 Å². The molecule has 0 N–H and O–H groups in total. The first-order valence-electron chi connectivity index (χ1n) is 8.07. The molecule has 0 saturated heterocycles. The Morgan fingerprint density at radius 1 is 1.35 bits per heavy atom. The van der Waals surface area contributed by atoms with Gasteiger partial charge < -0.3 is 14.2 Å². The molecule has 3 aliphatic rings. The lowest BCUT2D eigenvalue weighted by Gasteiger charge is -2.38. The lowest BCUT2D eigenvalue weighted by molar-refractivity contribution is -0.181. The quantitative estimate of drug-likeness (QED) is 0.578. The molecule has 0 amide bonds. The lowest BCUT2D eigenvalue weighted by atomic mass is 9.75. The topological polar surface area (TPSA) is 61.8 Å². The summed E-state index contributed by atoms with van der Waals surface area (Å²) in [4.78, 5) is 23.7. The monoisotopic (exact) mass is 320 g/mol. The summed E-state index contributed by atoms with van der Waals surface area (Å²) in [5.41, 5.74) is 1.68. The third-order valence-corrected chi connectivity index (χ3v) is 5.85. The maximum atomic E-state index is 12.2. The molecule has 5 heteroatoms. The Bertz CT molecular complexity index is 588. The molecule has 0 radical (unpaired) electrons. The van der Waals surface area contributed by atoms with Crippen LogP contribution in [0.3, 0.4) is 0 Å². The van der Waals surface area contributed by atoms with Crippen LogP contribution in [0.25, 0.3) is 0 Å². The summed E-state index contributed by atoms with van der Waals surface area (Å²) in [6, 6.07) is 0. The molecule has 23 heavy (non-hydrogen) atoms. The molecule has 2 saturated carbocycles. The van der Waals surface area contributed by atoms with E-state index >= 15 is 0 Å². The highest BCUT2D eigenvalue weighted by molar-refractivity contribution is 5.89. The van der Waals surface area contributed by atoms with E-state index in [-0.39, 0.29) is 23.2 Å². The molecule has 0 spiro atoms. The van der Waals surface area contributed by atoms with Crippen molar-refractivity contribution in [2.75, 3.05) is 7.11 Å². The van der Waals surface area contributed by atoms with E-state index in [1.807, 2.05) is 0 Å². The molecule has 2 fully saturated rings. The van der Waals surface area contributed by atoms with E-state index in [4.69, 9.17) is 14.2 Å². The normalized spacial score (nSPS) is 37.3. The molecule has 0 aromatic rings. The first-order chi connectivity index (χ1) is 10.8. The molecule has 1 aliphatic heterocycles. The van der Waals surface area contributed by atoms with Gasteiger partial charge in [-0.25, -0.2) is 4.79 Å². The van der Waals surface area contributed by atoms with E-state index in [2.05, 4.69) is 20.4 Å². The minimum absolute atomic E-state index is 0.0736. The van der Waals surface area contributed by atoms with Crippen LogP contribution in [0.15, 0.2) is 24.0 Å². The number of carbonyl (C=O) groups excluding carboxylic acids is 2. The predicted octanol–water partition coefficient (Wildman–Crippen LogP) is 2.82. The fourth-order valence-corrected chi connectivity index (χ4v) is 4.65. The zero-order chi connectivity index (χ0) is 16.9.